The van der Waals surface area contributed by atoms with Crippen molar-refractivity contribution in [1.82, 2.24) is 0 Å². The molecule has 0 saturated heterocycles. The topological polar surface area (TPSA) is 0 Å². The largest absolute Gasteiger partial charge is 0.0588 e. The Balaban J connectivity index is 1.90. The molecule has 3 saturated carbocycles. The van der Waals surface area contributed by atoms with Gasteiger partial charge in [0.15, 0.2) is 0 Å². The van der Waals surface area contributed by atoms with Crippen LogP contribution in [0.2, 0.25) is 0 Å². The Kier molecular flexibility index (Phi) is 1.20. The molecule has 4 atom stereocenters. The lowest BCUT2D eigenvalue weighted by Gasteiger charge is -2.28. The molecule has 0 amide bonds. The highest BCUT2D eigenvalue weighted by Gasteiger charge is 2.52. The highest BCUT2D eigenvalue weighted by molar-refractivity contribution is 5.13. The first-order chi connectivity index (χ1) is 5.36. The van der Waals surface area contributed by atoms with Crippen LogP contribution in [0.3, 0.4) is 0 Å². The van der Waals surface area contributed by atoms with Gasteiger partial charge in [-0.15, -0.1) is 0 Å². The van der Waals surface area contributed by atoms with Crippen molar-refractivity contribution in [2.45, 2.75) is 39.0 Å². The van der Waals surface area contributed by atoms with Crippen molar-refractivity contribution >= 4 is 0 Å². The van der Waals surface area contributed by atoms with Gasteiger partial charge in [0.2, 0.25) is 0 Å². The van der Waals surface area contributed by atoms with E-state index in [-0.39, 0.29) is 0 Å². The van der Waals surface area contributed by atoms with Gasteiger partial charge in [0.25, 0.3) is 0 Å². The molecule has 3 aliphatic carbocycles. The minimum atomic E-state index is 1.08. The lowest BCUT2D eigenvalue weighted by Crippen LogP contribution is -2.21. The second-order valence-electron chi connectivity index (χ2n) is 4.91. The minimum Gasteiger partial charge on any atom is -0.0588 e. The summed E-state index contributed by atoms with van der Waals surface area (Å²) in [6.07, 6.45) is 7.73. The summed E-state index contributed by atoms with van der Waals surface area (Å²) in [5, 5.41) is 0. The number of fused-ring (bicyclic) bond motifs is 5. The monoisotopic (exact) mass is 149 g/mol. The standard InChI is InChI=1S/C11H17/c1-7-5-8-6-11(7)10-4-2-3-9(8)10/h8-11H,2-6H2,1H3. The molecule has 0 heteroatoms. The third kappa shape index (κ3) is 0.711. The van der Waals surface area contributed by atoms with E-state index in [1.165, 1.54) is 18.8 Å². The molecule has 2 bridgehead atoms. The molecule has 3 rings (SSSR count). The van der Waals surface area contributed by atoms with E-state index in [0.29, 0.717) is 0 Å². The van der Waals surface area contributed by atoms with E-state index < -0.39 is 0 Å². The maximum atomic E-state index is 2.40. The summed E-state index contributed by atoms with van der Waals surface area (Å²) < 4.78 is 0. The van der Waals surface area contributed by atoms with Crippen LogP contribution in [-0.4, -0.2) is 0 Å². The molecule has 0 heterocycles. The molecule has 61 valence electrons. The van der Waals surface area contributed by atoms with E-state index in [9.17, 15) is 0 Å². The minimum absolute atomic E-state index is 1.08. The maximum absolute atomic E-state index is 2.40. The first kappa shape index (κ1) is 6.51. The van der Waals surface area contributed by atoms with Crippen LogP contribution in [0, 0.1) is 29.6 Å². The van der Waals surface area contributed by atoms with E-state index in [4.69, 9.17) is 0 Å². The Labute approximate surface area is 69.4 Å². The SMILES string of the molecule is C[C]1CC2CC1C1CCCC21. The summed E-state index contributed by atoms with van der Waals surface area (Å²) in [5.74, 6) is 6.37. The fraction of sp³-hybridized carbons (Fsp3) is 0.909. The molecular formula is C11H17. The first-order valence-electron chi connectivity index (χ1n) is 5.18. The molecule has 1 radical (unpaired) electrons. The number of hydrogen-bond acceptors (Lipinski definition) is 0. The van der Waals surface area contributed by atoms with Gasteiger partial charge in [0, 0.05) is 0 Å². The van der Waals surface area contributed by atoms with Crippen LogP contribution in [0.25, 0.3) is 0 Å². The highest BCUT2D eigenvalue weighted by atomic mass is 14.6. The summed E-state index contributed by atoms with van der Waals surface area (Å²) in [6, 6.07) is 0. The summed E-state index contributed by atoms with van der Waals surface area (Å²) in [6.45, 7) is 2.40. The van der Waals surface area contributed by atoms with Crippen molar-refractivity contribution in [2.75, 3.05) is 0 Å². The lowest BCUT2D eigenvalue weighted by atomic mass is 9.77. The van der Waals surface area contributed by atoms with Gasteiger partial charge in [-0.1, -0.05) is 13.3 Å². The van der Waals surface area contributed by atoms with E-state index in [2.05, 4.69) is 6.92 Å². The van der Waals surface area contributed by atoms with Crippen LogP contribution in [0.15, 0.2) is 0 Å². The second-order valence-corrected chi connectivity index (χ2v) is 4.91. The Hall–Kier alpha value is 0. The average Bonchev–Trinajstić information content (AvgIpc) is 2.52. The van der Waals surface area contributed by atoms with E-state index in [1.54, 1.807) is 19.3 Å². The Morgan fingerprint density at radius 3 is 2.91 bits per heavy atom. The predicted molar refractivity (Wildman–Crippen MR) is 46.0 cm³/mol. The molecule has 0 aliphatic heterocycles. The van der Waals surface area contributed by atoms with Gasteiger partial charge in [-0.05, 0) is 55.3 Å². The Bertz CT molecular complexity index is 173. The Morgan fingerprint density at radius 1 is 1.18 bits per heavy atom. The third-order valence-corrected chi connectivity index (χ3v) is 4.52. The fourth-order valence-electron chi connectivity index (χ4n) is 4.14. The molecule has 3 fully saturated rings. The van der Waals surface area contributed by atoms with Crippen molar-refractivity contribution in [3.63, 3.8) is 0 Å². The van der Waals surface area contributed by atoms with Crippen molar-refractivity contribution in [3.8, 4) is 0 Å². The molecule has 0 spiro atoms. The van der Waals surface area contributed by atoms with Crippen LogP contribution >= 0.6 is 0 Å². The molecule has 0 aromatic heterocycles. The van der Waals surface area contributed by atoms with E-state index in [0.717, 1.165) is 17.8 Å². The summed E-state index contributed by atoms with van der Waals surface area (Å²) in [7, 11) is 0. The molecular weight excluding hydrogens is 132 g/mol. The fourth-order valence-corrected chi connectivity index (χ4v) is 4.14. The predicted octanol–water partition coefficient (Wildman–Crippen LogP) is 3.04. The van der Waals surface area contributed by atoms with Gasteiger partial charge >= 0.3 is 0 Å². The maximum Gasteiger partial charge on any atom is -0.0235 e. The normalized spacial score (nSPS) is 55.4. The zero-order valence-corrected chi connectivity index (χ0v) is 7.34. The molecule has 0 nitrogen and oxygen atoms in total. The van der Waals surface area contributed by atoms with Crippen LogP contribution in [0.5, 0.6) is 0 Å². The lowest BCUT2D eigenvalue weighted by molar-refractivity contribution is 0.280. The van der Waals surface area contributed by atoms with Gasteiger partial charge in [-0.3, -0.25) is 0 Å². The van der Waals surface area contributed by atoms with Crippen molar-refractivity contribution < 1.29 is 0 Å². The van der Waals surface area contributed by atoms with Gasteiger partial charge in [0.1, 0.15) is 0 Å². The van der Waals surface area contributed by atoms with Crippen LogP contribution < -0.4 is 0 Å². The summed E-state index contributed by atoms with van der Waals surface area (Å²) >= 11 is 0. The van der Waals surface area contributed by atoms with E-state index in [1.807, 2.05) is 5.92 Å². The molecule has 11 heavy (non-hydrogen) atoms. The average molecular weight is 149 g/mol. The molecule has 0 N–H and O–H groups in total. The first-order valence-corrected chi connectivity index (χ1v) is 5.18. The second kappa shape index (κ2) is 2.02. The highest BCUT2D eigenvalue weighted by Crippen LogP contribution is 2.61. The molecule has 3 aliphatic rings. The van der Waals surface area contributed by atoms with Crippen molar-refractivity contribution in [1.29, 1.82) is 0 Å². The molecule has 0 aromatic rings. The molecule has 0 aromatic carbocycles. The zero-order chi connectivity index (χ0) is 7.42. The van der Waals surface area contributed by atoms with Crippen LogP contribution in [0.1, 0.15) is 39.0 Å². The van der Waals surface area contributed by atoms with E-state index >= 15 is 0 Å². The van der Waals surface area contributed by atoms with Gasteiger partial charge in [0.05, 0.1) is 0 Å². The third-order valence-electron chi connectivity index (χ3n) is 4.52. The quantitative estimate of drug-likeness (QED) is 0.496. The number of rotatable bonds is 0. The van der Waals surface area contributed by atoms with Gasteiger partial charge in [-0.25, -0.2) is 0 Å². The Morgan fingerprint density at radius 2 is 2.00 bits per heavy atom. The smallest absolute Gasteiger partial charge is 0.0235 e. The van der Waals surface area contributed by atoms with Gasteiger partial charge in [-0.2, -0.15) is 0 Å². The zero-order valence-electron chi connectivity index (χ0n) is 7.34. The number of hydrogen-bond donors (Lipinski definition) is 0. The van der Waals surface area contributed by atoms with Crippen molar-refractivity contribution in [2.24, 2.45) is 23.7 Å². The van der Waals surface area contributed by atoms with Crippen LogP contribution in [-0.2, 0) is 0 Å². The van der Waals surface area contributed by atoms with Crippen LogP contribution in [0.4, 0.5) is 0 Å². The summed E-state index contributed by atoms with van der Waals surface area (Å²) in [4.78, 5) is 0. The summed E-state index contributed by atoms with van der Waals surface area (Å²) in [5.41, 5.74) is 0. The van der Waals surface area contributed by atoms with Gasteiger partial charge < -0.3 is 0 Å². The molecule has 4 unspecified atom stereocenters. The van der Waals surface area contributed by atoms with Crippen molar-refractivity contribution in [3.05, 3.63) is 5.92 Å².